The lowest BCUT2D eigenvalue weighted by molar-refractivity contribution is -0.140. The van der Waals surface area contributed by atoms with Gasteiger partial charge in [0, 0.05) is 13.6 Å². The first kappa shape index (κ1) is 11.6. The first-order valence-electron chi connectivity index (χ1n) is 4.97. The fourth-order valence-electron chi connectivity index (χ4n) is 1.40. The predicted molar refractivity (Wildman–Crippen MR) is 55.5 cm³/mol. The highest BCUT2D eigenvalue weighted by atomic mass is 16.4. The van der Waals surface area contributed by atoms with Gasteiger partial charge in [0.1, 0.15) is 0 Å². The fraction of sp³-hybridized carbons (Fsp3) is 0.600. The first-order valence-corrected chi connectivity index (χ1v) is 4.97. The van der Waals surface area contributed by atoms with Gasteiger partial charge in [-0.25, -0.2) is 4.79 Å². The van der Waals surface area contributed by atoms with Crippen molar-refractivity contribution in [3.8, 4) is 0 Å². The second kappa shape index (κ2) is 4.82. The van der Waals surface area contributed by atoms with Gasteiger partial charge in [0.2, 0.25) is 0 Å². The van der Waals surface area contributed by atoms with Crippen LogP contribution in [0.5, 0.6) is 0 Å². The van der Waals surface area contributed by atoms with Crippen molar-refractivity contribution in [3.05, 3.63) is 12.2 Å². The lowest BCUT2D eigenvalue weighted by atomic mass is 10.1. The van der Waals surface area contributed by atoms with Crippen molar-refractivity contribution in [3.63, 3.8) is 0 Å². The molecule has 15 heavy (non-hydrogen) atoms. The third kappa shape index (κ3) is 2.97. The summed E-state index contributed by atoms with van der Waals surface area (Å²) >= 11 is 0. The highest BCUT2D eigenvalue weighted by Gasteiger charge is 2.25. The number of carbonyl (C=O) groups is 2. The summed E-state index contributed by atoms with van der Waals surface area (Å²) in [7, 11) is 1.70. The van der Waals surface area contributed by atoms with E-state index >= 15 is 0 Å². The number of amides is 2. The van der Waals surface area contributed by atoms with Crippen molar-refractivity contribution >= 4 is 12.0 Å². The summed E-state index contributed by atoms with van der Waals surface area (Å²) in [5, 5.41) is 11.5. The summed E-state index contributed by atoms with van der Waals surface area (Å²) in [5.41, 5.74) is 0. The van der Waals surface area contributed by atoms with Gasteiger partial charge in [0.15, 0.2) is 0 Å². The summed E-state index contributed by atoms with van der Waals surface area (Å²) in [6.07, 6.45) is 3.80. The summed E-state index contributed by atoms with van der Waals surface area (Å²) < 4.78 is 0. The van der Waals surface area contributed by atoms with E-state index < -0.39 is 11.9 Å². The second-order valence-electron chi connectivity index (χ2n) is 3.64. The molecule has 0 spiro atoms. The number of carboxylic acids is 1. The number of urea groups is 1. The quantitative estimate of drug-likeness (QED) is 0.676. The molecule has 5 heteroatoms. The first-order chi connectivity index (χ1) is 7.04. The van der Waals surface area contributed by atoms with Gasteiger partial charge < -0.3 is 15.3 Å². The molecule has 0 fully saturated rings. The molecule has 84 valence electrons. The smallest absolute Gasteiger partial charge is 0.317 e. The molecule has 2 unspecified atom stereocenters. The van der Waals surface area contributed by atoms with Crippen LogP contribution in [0.15, 0.2) is 12.2 Å². The van der Waals surface area contributed by atoms with E-state index in [2.05, 4.69) is 5.32 Å². The molecular formula is C10H16N2O3. The molecular weight excluding hydrogens is 196 g/mol. The van der Waals surface area contributed by atoms with Gasteiger partial charge in [0.25, 0.3) is 0 Å². The monoisotopic (exact) mass is 212 g/mol. The van der Waals surface area contributed by atoms with Gasteiger partial charge in [-0.1, -0.05) is 12.2 Å². The molecule has 1 aliphatic carbocycles. The van der Waals surface area contributed by atoms with Crippen LogP contribution in [-0.4, -0.2) is 41.6 Å². The molecule has 0 radical (unpaired) electrons. The molecule has 0 aromatic heterocycles. The van der Waals surface area contributed by atoms with Gasteiger partial charge in [-0.15, -0.1) is 0 Å². The van der Waals surface area contributed by atoms with Crippen LogP contribution >= 0.6 is 0 Å². The Morgan fingerprint density at radius 2 is 2.20 bits per heavy atom. The third-order valence-electron chi connectivity index (χ3n) is 2.53. The lowest BCUT2D eigenvalue weighted by Gasteiger charge is -2.18. The molecule has 1 aliphatic rings. The van der Waals surface area contributed by atoms with Crippen molar-refractivity contribution in [2.75, 3.05) is 13.6 Å². The van der Waals surface area contributed by atoms with E-state index in [4.69, 9.17) is 5.11 Å². The topological polar surface area (TPSA) is 69.6 Å². The van der Waals surface area contributed by atoms with Crippen molar-refractivity contribution in [1.29, 1.82) is 0 Å². The van der Waals surface area contributed by atoms with Crippen LogP contribution in [0.4, 0.5) is 4.79 Å². The van der Waals surface area contributed by atoms with Crippen LogP contribution in [0.3, 0.4) is 0 Å². The van der Waals surface area contributed by atoms with Gasteiger partial charge in [-0.2, -0.15) is 0 Å². The van der Waals surface area contributed by atoms with Gasteiger partial charge in [0.05, 0.1) is 12.0 Å². The van der Waals surface area contributed by atoms with Crippen molar-refractivity contribution < 1.29 is 14.7 Å². The number of hydrogen-bond donors (Lipinski definition) is 2. The van der Waals surface area contributed by atoms with E-state index in [1.165, 1.54) is 0 Å². The van der Waals surface area contributed by atoms with E-state index in [-0.39, 0.29) is 12.1 Å². The molecule has 0 aromatic carbocycles. The number of nitrogens with zero attached hydrogens (tertiary/aromatic N) is 1. The number of hydrogen-bond acceptors (Lipinski definition) is 2. The zero-order valence-electron chi connectivity index (χ0n) is 8.93. The molecule has 2 atom stereocenters. The Hall–Kier alpha value is -1.52. The molecule has 0 aromatic rings. The standard InChI is InChI=1S/C10H16N2O3/c1-3-12(2)10(15)11-8-5-4-7(6-8)9(13)14/h4-5,7-8H,3,6H2,1-2H3,(H,11,15)(H,13,14). The average Bonchev–Trinajstić information content (AvgIpc) is 2.65. The number of rotatable bonds is 3. The van der Waals surface area contributed by atoms with Crippen LogP contribution in [0.25, 0.3) is 0 Å². The van der Waals surface area contributed by atoms with E-state index in [0.29, 0.717) is 13.0 Å². The van der Waals surface area contributed by atoms with Crippen molar-refractivity contribution in [1.82, 2.24) is 10.2 Å². The Bertz CT molecular complexity index is 288. The number of aliphatic carboxylic acids is 1. The van der Waals surface area contributed by atoms with Crippen molar-refractivity contribution in [2.24, 2.45) is 5.92 Å². The Labute approximate surface area is 88.8 Å². The molecule has 5 nitrogen and oxygen atoms in total. The van der Waals surface area contributed by atoms with Gasteiger partial charge >= 0.3 is 12.0 Å². The highest BCUT2D eigenvalue weighted by molar-refractivity contribution is 5.76. The maximum Gasteiger partial charge on any atom is 0.317 e. The van der Waals surface area contributed by atoms with Crippen LogP contribution < -0.4 is 5.32 Å². The van der Waals surface area contributed by atoms with Gasteiger partial charge in [-0.3, -0.25) is 4.79 Å². The molecule has 0 aliphatic heterocycles. The number of nitrogens with one attached hydrogen (secondary N) is 1. The van der Waals surface area contributed by atoms with Crippen molar-refractivity contribution in [2.45, 2.75) is 19.4 Å². The molecule has 0 bridgehead atoms. The molecule has 0 saturated carbocycles. The summed E-state index contributed by atoms with van der Waals surface area (Å²) in [5.74, 6) is -1.31. The van der Waals surface area contributed by atoms with E-state index in [9.17, 15) is 9.59 Å². The average molecular weight is 212 g/mol. The Balaban J connectivity index is 2.40. The Morgan fingerprint density at radius 3 is 2.67 bits per heavy atom. The minimum Gasteiger partial charge on any atom is -0.481 e. The van der Waals surface area contributed by atoms with Crippen LogP contribution in [-0.2, 0) is 4.79 Å². The predicted octanol–water partition coefficient (Wildman–Crippen LogP) is 0.677. The molecule has 0 saturated heterocycles. The maximum absolute atomic E-state index is 11.4. The minimum atomic E-state index is -0.841. The van der Waals surface area contributed by atoms with Crippen LogP contribution in [0.1, 0.15) is 13.3 Å². The van der Waals surface area contributed by atoms with Crippen LogP contribution in [0.2, 0.25) is 0 Å². The maximum atomic E-state index is 11.4. The zero-order chi connectivity index (χ0) is 11.4. The fourth-order valence-corrected chi connectivity index (χ4v) is 1.40. The molecule has 2 N–H and O–H groups in total. The lowest BCUT2D eigenvalue weighted by Crippen LogP contribution is -2.42. The summed E-state index contributed by atoms with van der Waals surface area (Å²) in [4.78, 5) is 23.6. The summed E-state index contributed by atoms with van der Waals surface area (Å²) in [6, 6.07) is -0.328. The van der Waals surface area contributed by atoms with Gasteiger partial charge in [-0.05, 0) is 13.3 Å². The second-order valence-corrected chi connectivity index (χ2v) is 3.64. The minimum absolute atomic E-state index is 0.160. The van der Waals surface area contributed by atoms with E-state index in [0.717, 1.165) is 0 Å². The highest BCUT2D eigenvalue weighted by Crippen LogP contribution is 2.17. The summed E-state index contributed by atoms with van der Waals surface area (Å²) in [6.45, 7) is 2.51. The zero-order valence-corrected chi connectivity index (χ0v) is 8.93. The van der Waals surface area contributed by atoms with Crippen LogP contribution in [0, 0.1) is 5.92 Å². The normalized spacial score (nSPS) is 23.9. The molecule has 2 amide bonds. The molecule has 0 heterocycles. The Kier molecular flexibility index (Phi) is 3.71. The SMILES string of the molecule is CCN(C)C(=O)NC1C=CC(C(=O)O)C1. The largest absolute Gasteiger partial charge is 0.481 e. The third-order valence-corrected chi connectivity index (χ3v) is 2.53. The van der Waals surface area contributed by atoms with E-state index in [1.54, 1.807) is 24.1 Å². The number of carbonyl (C=O) groups excluding carboxylic acids is 1. The Morgan fingerprint density at radius 1 is 1.53 bits per heavy atom. The van der Waals surface area contributed by atoms with E-state index in [1.807, 2.05) is 6.92 Å². The molecule has 1 rings (SSSR count). The number of carboxylic acid groups (broad SMARTS) is 1.